The van der Waals surface area contributed by atoms with E-state index < -0.39 is 39.8 Å². The van der Waals surface area contributed by atoms with Gasteiger partial charge in [0, 0.05) is 11.8 Å². The monoisotopic (exact) mass is 412 g/mol. The molecule has 0 saturated carbocycles. The molecule has 2 amide bonds. The van der Waals surface area contributed by atoms with Crippen LogP contribution in [0, 0.1) is 0 Å². The SMILES string of the molecule is C[C@H](OC(=O)[C@@H](CCS(C)(=O)=O)NC(=O)c1ccc(C(C)(C)C)cc1)C(N)=O. The zero-order valence-corrected chi connectivity index (χ0v) is 17.6. The fourth-order valence-electron chi connectivity index (χ4n) is 2.26. The number of nitrogens with two attached hydrogens (primary N) is 1. The summed E-state index contributed by atoms with van der Waals surface area (Å²) in [6.07, 6.45) is -0.361. The number of nitrogens with one attached hydrogen (secondary N) is 1. The number of carbonyl (C=O) groups is 3. The molecule has 0 saturated heterocycles. The standard InChI is InChI=1S/C19H28N2O6S/c1-12(16(20)22)27-18(24)15(10-11-28(5,25)26)21-17(23)13-6-8-14(9-7-13)19(2,3)4/h6-9,12,15H,10-11H2,1-5H3,(H2,20,22)(H,21,23)/t12-,15+/m0/s1. The molecule has 3 N–H and O–H groups in total. The number of primary amides is 1. The average molecular weight is 413 g/mol. The summed E-state index contributed by atoms with van der Waals surface area (Å²) < 4.78 is 27.8. The van der Waals surface area contributed by atoms with Gasteiger partial charge in [-0.05, 0) is 36.5 Å². The lowest BCUT2D eigenvalue weighted by molar-refractivity contribution is -0.155. The van der Waals surface area contributed by atoms with Crippen molar-refractivity contribution in [2.24, 2.45) is 5.73 Å². The van der Waals surface area contributed by atoms with Crippen molar-refractivity contribution in [3.05, 3.63) is 35.4 Å². The molecule has 0 unspecified atom stereocenters. The predicted octanol–water partition coefficient (Wildman–Crippen LogP) is 0.934. The number of benzene rings is 1. The zero-order valence-electron chi connectivity index (χ0n) is 16.8. The average Bonchev–Trinajstić information content (AvgIpc) is 2.56. The van der Waals surface area contributed by atoms with Crippen LogP contribution in [-0.4, -0.2) is 50.4 Å². The van der Waals surface area contributed by atoms with E-state index in [4.69, 9.17) is 10.5 Å². The maximum atomic E-state index is 12.5. The molecule has 2 atom stereocenters. The fourth-order valence-corrected chi connectivity index (χ4v) is 2.92. The molecule has 0 radical (unpaired) electrons. The third-order valence-corrected chi connectivity index (χ3v) is 5.05. The van der Waals surface area contributed by atoms with Gasteiger partial charge < -0.3 is 15.8 Å². The van der Waals surface area contributed by atoms with E-state index in [1.165, 1.54) is 6.92 Å². The van der Waals surface area contributed by atoms with E-state index in [2.05, 4.69) is 5.32 Å². The van der Waals surface area contributed by atoms with E-state index in [1.54, 1.807) is 12.1 Å². The molecular formula is C19H28N2O6S. The Morgan fingerprint density at radius 1 is 1.14 bits per heavy atom. The van der Waals surface area contributed by atoms with Gasteiger partial charge in [0.2, 0.25) is 0 Å². The smallest absolute Gasteiger partial charge is 0.329 e. The van der Waals surface area contributed by atoms with Gasteiger partial charge in [0.15, 0.2) is 6.10 Å². The van der Waals surface area contributed by atoms with E-state index in [0.29, 0.717) is 5.56 Å². The number of hydrogen-bond acceptors (Lipinski definition) is 6. The number of amides is 2. The molecule has 8 nitrogen and oxygen atoms in total. The Morgan fingerprint density at radius 2 is 1.68 bits per heavy atom. The molecule has 1 aromatic rings. The van der Waals surface area contributed by atoms with Crippen LogP contribution in [0.5, 0.6) is 0 Å². The molecule has 0 heterocycles. The van der Waals surface area contributed by atoms with Gasteiger partial charge in [0.05, 0.1) is 5.75 Å². The van der Waals surface area contributed by atoms with E-state index in [9.17, 15) is 22.8 Å². The highest BCUT2D eigenvalue weighted by Crippen LogP contribution is 2.22. The maximum absolute atomic E-state index is 12.5. The minimum atomic E-state index is -3.37. The van der Waals surface area contributed by atoms with Gasteiger partial charge >= 0.3 is 5.97 Å². The number of sulfone groups is 1. The van der Waals surface area contributed by atoms with Crippen LogP contribution >= 0.6 is 0 Å². The third kappa shape index (κ3) is 7.67. The summed E-state index contributed by atoms with van der Waals surface area (Å²) in [6, 6.07) is 5.65. The van der Waals surface area contributed by atoms with E-state index in [1.807, 2.05) is 32.9 Å². The fraction of sp³-hybridized carbons (Fsp3) is 0.526. The van der Waals surface area contributed by atoms with Crippen molar-refractivity contribution in [1.82, 2.24) is 5.32 Å². The summed E-state index contributed by atoms with van der Waals surface area (Å²) >= 11 is 0. The lowest BCUT2D eigenvalue weighted by Gasteiger charge is -2.20. The van der Waals surface area contributed by atoms with Gasteiger partial charge in [-0.15, -0.1) is 0 Å². The number of rotatable bonds is 8. The van der Waals surface area contributed by atoms with Crippen molar-refractivity contribution in [2.75, 3.05) is 12.0 Å². The highest BCUT2D eigenvalue weighted by Gasteiger charge is 2.27. The van der Waals surface area contributed by atoms with Crippen LogP contribution in [0.3, 0.4) is 0 Å². The molecule has 0 bridgehead atoms. The van der Waals surface area contributed by atoms with Gasteiger partial charge in [-0.1, -0.05) is 32.9 Å². The molecule has 0 aliphatic rings. The van der Waals surface area contributed by atoms with Crippen molar-refractivity contribution in [1.29, 1.82) is 0 Å². The summed E-state index contributed by atoms with van der Waals surface area (Å²) in [5.41, 5.74) is 6.34. The minimum Gasteiger partial charge on any atom is -0.451 e. The third-order valence-electron chi connectivity index (χ3n) is 4.07. The Kier molecular flexibility index (Phi) is 7.75. The molecule has 156 valence electrons. The lowest BCUT2D eigenvalue weighted by atomic mass is 9.86. The van der Waals surface area contributed by atoms with Crippen molar-refractivity contribution >= 4 is 27.6 Å². The van der Waals surface area contributed by atoms with E-state index >= 15 is 0 Å². The van der Waals surface area contributed by atoms with Gasteiger partial charge in [0.25, 0.3) is 11.8 Å². The topological polar surface area (TPSA) is 133 Å². The van der Waals surface area contributed by atoms with Crippen LogP contribution in [0.15, 0.2) is 24.3 Å². The van der Waals surface area contributed by atoms with Crippen LogP contribution in [0.25, 0.3) is 0 Å². The lowest BCUT2D eigenvalue weighted by Crippen LogP contribution is -2.45. The number of ether oxygens (including phenoxy) is 1. The summed E-state index contributed by atoms with van der Waals surface area (Å²) in [6.45, 7) is 7.42. The highest BCUT2D eigenvalue weighted by atomic mass is 32.2. The molecule has 28 heavy (non-hydrogen) atoms. The normalized spacial score (nSPS) is 14.0. The Hall–Kier alpha value is -2.42. The number of hydrogen-bond donors (Lipinski definition) is 2. The molecule has 0 spiro atoms. The summed E-state index contributed by atoms with van der Waals surface area (Å²) in [7, 11) is -3.37. The second-order valence-corrected chi connectivity index (χ2v) is 10.0. The van der Waals surface area contributed by atoms with Crippen molar-refractivity contribution in [2.45, 2.75) is 51.7 Å². The molecule has 0 aliphatic carbocycles. The summed E-state index contributed by atoms with van der Waals surface area (Å²) in [5.74, 6) is -2.66. The molecular weight excluding hydrogens is 384 g/mol. The van der Waals surface area contributed by atoms with Crippen LogP contribution in [0.4, 0.5) is 0 Å². The highest BCUT2D eigenvalue weighted by molar-refractivity contribution is 7.90. The Balaban J connectivity index is 2.96. The molecule has 1 aromatic carbocycles. The van der Waals surface area contributed by atoms with Gasteiger partial charge in [-0.3, -0.25) is 9.59 Å². The van der Waals surface area contributed by atoms with Gasteiger partial charge in [0.1, 0.15) is 15.9 Å². The molecule has 0 aliphatic heterocycles. The maximum Gasteiger partial charge on any atom is 0.329 e. The van der Waals surface area contributed by atoms with Crippen LogP contribution in [0.1, 0.15) is 50.0 Å². The minimum absolute atomic E-state index is 0.0816. The van der Waals surface area contributed by atoms with Gasteiger partial charge in [-0.2, -0.15) is 0 Å². The zero-order chi connectivity index (χ0) is 21.7. The van der Waals surface area contributed by atoms with Crippen molar-refractivity contribution < 1.29 is 27.5 Å². The van der Waals surface area contributed by atoms with Crippen LogP contribution in [0.2, 0.25) is 0 Å². The first-order valence-electron chi connectivity index (χ1n) is 8.79. The first kappa shape index (κ1) is 23.6. The van der Waals surface area contributed by atoms with Crippen molar-refractivity contribution in [3.63, 3.8) is 0 Å². The van der Waals surface area contributed by atoms with Crippen LogP contribution < -0.4 is 11.1 Å². The van der Waals surface area contributed by atoms with E-state index in [0.717, 1.165) is 11.8 Å². The van der Waals surface area contributed by atoms with E-state index in [-0.39, 0.29) is 17.6 Å². The second kappa shape index (κ2) is 9.18. The molecule has 0 aromatic heterocycles. The molecule has 9 heteroatoms. The first-order valence-corrected chi connectivity index (χ1v) is 10.9. The molecule has 0 fully saturated rings. The summed E-state index contributed by atoms with van der Waals surface area (Å²) in [5, 5.41) is 2.48. The Morgan fingerprint density at radius 3 is 2.11 bits per heavy atom. The Labute approximate surface area is 165 Å². The number of carbonyl (C=O) groups excluding carboxylic acids is 3. The second-order valence-electron chi connectivity index (χ2n) is 7.75. The first-order chi connectivity index (χ1) is 12.7. The number of esters is 1. The largest absolute Gasteiger partial charge is 0.451 e. The Bertz CT molecular complexity index is 825. The molecule has 1 rings (SSSR count). The van der Waals surface area contributed by atoms with Gasteiger partial charge in [-0.25, -0.2) is 13.2 Å². The summed E-state index contributed by atoms with van der Waals surface area (Å²) in [4.78, 5) is 35.9. The quantitative estimate of drug-likeness (QED) is 0.611. The van der Waals surface area contributed by atoms with Crippen LogP contribution in [-0.2, 0) is 29.6 Å². The predicted molar refractivity (Wildman–Crippen MR) is 105 cm³/mol. The van der Waals surface area contributed by atoms with Crippen molar-refractivity contribution in [3.8, 4) is 0 Å².